The Balaban J connectivity index is 1.83. The second-order valence-electron chi connectivity index (χ2n) is 4.64. The Hall–Kier alpha value is -2.87. The minimum atomic E-state index is -1.59. The molecule has 0 fully saturated rings. The standard InChI is InChI=1S/C14H9N5O2S/c20-13-5-14(22(21)18-13)19-12-8-16-11(4-10(12)7-17-19)9-2-1-3-15-6-9/h1-8H,(H,18,20). The number of pyridine rings is 2. The first-order valence-electron chi connectivity index (χ1n) is 6.41. The molecule has 4 rings (SSSR count). The fraction of sp³-hybridized carbons (Fsp3) is 0. The zero-order valence-electron chi connectivity index (χ0n) is 11.1. The number of amides is 1. The van der Waals surface area contributed by atoms with E-state index in [-0.39, 0.29) is 0 Å². The zero-order chi connectivity index (χ0) is 15.1. The highest BCUT2D eigenvalue weighted by atomic mass is 32.2. The van der Waals surface area contributed by atoms with E-state index in [1.54, 1.807) is 24.8 Å². The van der Waals surface area contributed by atoms with Crippen molar-refractivity contribution < 1.29 is 9.00 Å². The highest BCUT2D eigenvalue weighted by Crippen LogP contribution is 2.24. The summed E-state index contributed by atoms with van der Waals surface area (Å²) in [5.41, 5.74) is 2.36. The molecule has 0 spiro atoms. The van der Waals surface area contributed by atoms with Gasteiger partial charge >= 0.3 is 0 Å². The molecule has 3 aromatic rings. The highest BCUT2D eigenvalue weighted by Gasteiger charge is 2.23. The molecule has 1 unspecified atom stereocenters. The van der Waals surface area contributed by atoms with Gasteiger partial charge in [0.2, 0.25) is 0 Å². The van der Waals surface area contributed by atoms with Gasteiger partial charge in [-0.05, 0) is 18.2 Å². The molecular weight excluding hydrogens is 302 g/mol. The van der Waals surface area contributed by atoms with E-state index in [0.717, 1.165) is 16.6 Å². The zero-order valence-corrected chi connectivity index (χ0v) is 11.9. The summed E-state index contributed by atoms with van der Waals surface area (Å²) in [5, 5.41) is 5.35. The van der Waals surface area contributed by atoms with Crippen LogP contribution in [-0.4, -0.2) is 29.9 Å². The highest BCUT2D eigenvalue weighted by molar-refractivity contribution is 7.93. The monoisotopic (exact) mass is 311 g/mol. The van der Waals surface area contributed by atoms with Crippen molar-refractivity contribution in [3.63, 3.8) is 0 Å². The van der Waals surface area contributed by atoms with Gasteiger partial charge in [-0.15, -0.1) is 0 Å². The summed E-state index contributed by atoms with van der Waals surface area (Å²) in [6, 6.07) is 5.64. The third-order valence-corrected chi connectivity index (χ3v) is 4.32. The van der Waals surface area contributed by atoms with Crippen molar-refractivity contribution in [2.75, 3.05) is 0 Å². The molecule has 108 valence electrons. The minimum Gasteiger partial charge on any atom is -0.269 e. The Labute approximate surface area is 127 Å². The summed E-state index contributed by atoms with van der Waals surface area (Å²) >= 11 is 0. The fourth-order valence-corrected chi connectivity index (χ4v) is 3.12. The molecule has 3 aromatic heterocycles. The average molecular weight is 311 g/mol. The largest absolute Gasteiger partial charge is 0.269 e. The molecule has 22 heavy (non-hydrogen) atoms. The number of rotatable bonds is 2. The maximum absolute atomic E-state index is 11.8. The van der Waals surface area contributed by atoms with Gasteiger partial charge in [0.25, 0.3) is 5.91 Å². The van der Waals surface area contributed by atoms with Crippen LogP contribution in [0.5, 0.6) is 0 Å². The van der Waals surface area contributed by atoms with E-state index in [9.17, 15) is 9.00 Å². The summed E-state index contributed by atoms with van der Waals surface area (Å²) in [5.74, 6) is -0.392. The summed E-state index contributed by atoms with van der Waals surface area (Å²) in [4.78, 5) is 19.8. The summed E-state index contributed by atoms with van der Waals surface area (Å²) in [7, 11) is -1.59. The SMILES string of the molecule is O=C1C=C(n2ncc3cc(-c4cccnc4)ncc32)S(=O)N1. The quantitative estimate of drug-likeness (QED) is 0.765. The summed E-state index contributed by atoms with van der Waals surface area (Å²) in [6.07, 6.45) is 8.00. The number of fused-ring (bicyclic) bond motifs is 1. The number of carbonyl (C=O) groups excluding carboxylic acids is 1. The van der Waals surface area contributed by atoms with Crippen molar-refractivity contribution in [3.8, 4) is 11.3 Å². The van der Waals surface area contributed by atoms with Crippen LogP contribution in [0.3, 0.4) is 0 Å². The van der Waals surface area contributed by atoms with E-state index in [1.165, 1.54) is 10.8 Å². The van der Waals surface area contributed by atoms with Crippen molar-refractivity contribution in [3.05, 3.63) is 49.1 Å². The van der Waals surface area contributed by atoms with E-state index < -0.39 is 16.9 Å². The van der Waals surface area contributed by atoms with Gasteiger partial charge in [-0.25, -0.2) is 8.89 Å². The molecule has 0 aliphatic carbocycles. The predicted molar refractivity (Wildman–Crippen MR) is 81.3 cm³/mol. The molecule has 1 aliphatic rings. The second-order valence-corrected chi connectivity index (χ2v) is 5.80. The van der Waals surface area contributed by atoms with E-state index in [1.807, 2.05) is 18.2 Å². The lowest BCUT2D eigenvalue weighted by atomic mass is 10.1. The van der Waals surface area contributed by atoms with Crippen LogP contribution in [0.4, 0.5) is 0 Å². The minimum absolute atomic E-state index is 0.302. The lowest BCUT2D eigenvalue weighted by Crippen LogP contribution is -2.17. The average Bonchev–Trinajstić information content (AvgIpc) is 3.10. The van der Waals surface area contributed by atoms with Gasteiger partial charge < -0.3 is 0 Å². The Morgan fingerprint density at radius 3 is 2.86 bits per heavy atom. The Kier molecular flexibility index (Phi) is 2.83. The van der Waals surface area contributed by atoms with Gasteiger partial charge in [0.1, 0.15) is 0 Å². The Morgan fingerprint density at radius 1 is 1.23 bits per heavy atom. The first kappa shape index (κ1) is 12.8. The smallest absolute Gasteiger partial charge is 0.258 e. The van der Waals surface area contributed by atoms with Crippen molar-refractivity contribution in [1.29, 1.82) is 0 Å². The molecule has 0 aromatic carbocycles. The molecule has 1 amide bonds. The first-order valence-corrected chi connectivity index (χ1v) is 7.56. The Bertz CT molecular complexity index is 948. The first-order chi connectivity index (χ1) is 10.7. The number of aromatic nitrogens is 4. The van der Waals surface area contributed by atoms with Crippen LogP contribution in [0.15, 0.2) is 49.1 Å². The maximum atomic E-state index is 11.8. The van der Waals surface area contributed by atoms with Gasteiger partial charge in [0.15, 0.2) is 16.0 Å². The number of hydrogen-bond acceptors (Lipinski definition) is 5. The van der Waals surface area contributed by atoms with Crippen LogP contribution < -0.4 is 4.72 Å². The molecule has 1 atom stereocenters. The van der Waals surface area contributed by atoms with E-state index in [2.05, 4.69) is 19.8 Å². The molecule has 0 radical (unpaired) electrons. The van der Waals surface area contributed by atoms with Crippen LogP contribution in [0.2, 0.25) is 0 Å². The van der Waals surface area contributed by atoms with Crippen molar-refractivity contribution in [1.82, 2.24) is 24.5 Å². The van der Waals surface area contributed by atoms with Crippen molar-refractivity contribution >= 4 is 32.8 Å². The van der Waals surface area contributed by atoms with Gasteiger partial charge in [0.05, 0.1) is 23.6 Å². The molecule has 1 N–H and O–H groups in total. The van der Waals surface area contributed by atoms with Gasteiger partial charge in [-0.2, -0.15) is 5.10 Å². The van der Waals surface area contributed by atoms with E-state index in [4.69, 9.17) is 0 Å². The molecular formula is C14H9N5O2S. The van der Waals surface area contributed by atoms with Gasteiger partial charge in [-0.1, -0.05) is 0 Å². The van der Waals surface area contributed by atoms with Crippen LogP contribution in [0, 0.1) is 0 Å². The van der Waals surface area contributed by atoms with Crippen LogP contribution in [-0.2, 0) is 15.8 Å². The molecule has 4 heterocycles. The molecule has 0 bridgehead atoms. The maximum Gasteiger partial charge on any atom is 0.258 e. The van der Waals surface area contributed by atoms with Crippen molar-refractivity contribution in [2.45, 2.75) is 0 Å². The lowest BCUT2D eigenvalue weighted by Gasteiger charge is -2.03. The summed E-state index contributed by atoms with van der Waals surface area (Å²) in [6.45, 7) is 0. The molecule has 1 aliphatic heterocycles. The number of hydrogen-bond donors (Lipinski definition) is 1. The second kappa shape index (κ2) is 4.85. The Morgan fingerprint density at radius 2 is 2.14 bits per heavy atom. The van der Waals surface area contributed by atoms with E-state index >= 15 is 0 Å². The number of nitrogens with one attached hydrogen (secondary N) is 1. The van der Waals surface area contributed by atoms with Crippen LogP contribution in [0.25, 0.3) is 27.2 Å². The topological polar surface area (TPSA) is 89.8 Å². The molecule has 8 heteroatoms. The normalized spacial score (nSPS) is 17.5. The van der Waals surface area contributed by atoms with E-state index in [0.29, 0.717) is 10.5 Å². The molecule has 7 nitrogen and oxygen atoms in total. The molecule has 0 saturated carbocycles. The van der Waals surface area contributed by atoms with Crippen LogP contribution in [0.1, 0.15) is 0 Å². The third-order valence-electron chi connectivity index (χ3n) is 3.26. The summed E-state index contributed by atoms with van der Waals surface area (Å²) < 4.78 is 15.6. The fourth-order valence-electron chi connectivity index (χ4n) is 2.25. The van der Waals surface area contributed by atoms with Crippen LogP contribution >= 0.6 is 0 Å². The lowest BCUT2D eigenvalue weighted by molar-refractivity contribution is -0.114. The number of carbonyl (C=O) groups is 1. The number of nitrogens with zero attached hydrogens (tertiary/aromatic N) is 4. The molecule has 0 saturated heterocycles. The third kappa shape index (κ3) is 2.01. The van der Waals surface area contributed by atoms with Gasteiger partial charge in [0, 0.05) is 29.4 Å². The van der Waals surface area contributed by atoms with Crippen molar-refractivity contribution in [2.24, 2.45) is 0 Å². The predicted octanol–water partition coefficient (Wildman–Crippen LogP) is 1.09. The van der Waals surface area contributed by atoms with Gasteiger partial charge in [-0.3, -0.25) is 19.5 Å².